The van der Waals surface area contributed by atoms with Gasteiger partial charge in [-0.05, 0) is 18.3 Å². The van der Waals surface area contributed by atoms with Crippen molar-refractivity contribution in [1.82, 2.24) is 0 Å². The van der Waals surface area contributed by atoms with Crippen molar-refractivity contribution in [2.24, 2.45) is 11.8 Å². The summed E-state index contributed by atoms with van der Waals surface area (Å²) in [6.07, 6.45) is 7.37. The predicted octanol–water partition coefficient (Wildman–Crippen LogP) is 3.22. The summed E-state index contributed by atoms with van der Waals surface area (Å²) in [5, 5.41) is 0. The van der Waals surface area contributed by atoms with E-state index in [1.165, 1.54) is 32.1 Å². The molecule has 0 heteroatoms. The molecule has 0 aromatic heterocycles. The van der Waals surface area contributed by atoms with Gasteiger partial charge >= 0.3 is 0 Å². The number of rotatable bonds is 1. The minimum atomic E-state index is 1.02. The lowest BCUT2D eigenvalue weighted by Crippen LogP contribution is -2.11. The van der Waals surface area contributed by atoms with E-state index in [0.29, 0.717) is 0 Å². The van der Waals surface area contributed by atoms with E-state index in [0.717, 1.165) is 11.8 Å². The summed E-state index contributed by atoms with van der Waals surface area (Å²) in [6.45, 7) is 4.71. The molecule has 1 rings (SSSR count). The van der Waals surface area contributed by atoms with Crippen LogP contribution in [0.25, 0.3) is 0 Å². The van der Waals surface area contributed by atoms with E-state index >= 15 is 0 Å². The average Bonchev–Trinajstić information content (AvgIpc) is 1.88. The Kier molecular flexibility index (Phi) is 2.56. The lowest BCUT2D eigenvalue weighted by Gasteiger charge is -2.25. The first-order valence-electron chi connectivity index (χ1n) is 4.33. The van der Waals surface area contributed by atoms with E-state index in [9.17, 15) is 0 Å². The van der Waals surface area contributed by atoms with Crippen LogP contribution in [0, 0.1) is 11.8 Å². The Balaban J connectivity index is 2.23. The maximum atomic E-state index is 2.39. The van der Waals surface area contributed by atoms with E-state index in [2.05, 4.69) is 13.8 Å². The molecule has 0 amide bonds. The van der Waals surface area contributed by atoms with E-state index in [1.54, 1.807) is 0 Å². The van der Waals surface area contributed by atoms with Crippen LogP contribution in [-0.2, 0) is 0 Å². The molecular weight excluding hydrogens is 108 g/mol. The van der Waals surface area contributed by atoms with Crippen LogP contribution in [-0.4, -0.2) is 0 Å². The minimum Gasteiger partial charge on any atom is -0.0651 e. The number of hydrogen-bond donors (Lipinski definition) is 0. The van der Waals surface area contributed by atoms with Gasteiger partial charge in [0.1, 0.15) is 0 Å². The van der Waals surface area contributed by atoms with Gasteiger partial charge in [-0.2, -0.15) is 0 Å². The molecule has 0 heterocycles. The first-order valence-corrected chi connectivity index (χ1v) is 4.33. The van der Waals surface area contributed by atoms with E-state index in [1.807, 2.05) is 0 Å². The molecule has 9 heavy (non-hydrogen) atoms. The molecule has 0 aromatic rings. The van der Waals surface area contributed by atoms with E-state index in [-0.39, 0.29) is 0 Å². The molecule has 1 saturated carbocycles. The van der Waals surface area contributed by atoms with Crippen molar-refractivity contribution in [2.75, 3.05) is 0 Å². The fraction of sp³-hybridized carbons (Fsp3) is 1.00. The standard InChI is InChI=1S/C9H18/c1-3-9-6-4-5-8(2)7-9/h8-9H,3-7H2,1-2H3/t8-,9+/m1/s1. The highest BCUT2D eigenvalue weighted by molar-refractivity contribution is 4.68. The smallest absolute Gasteiger partial charge is 0.0414 e. The topological polar surface area (TPSA) is 0 Å². The van der Waals surface area contributed by atoms with Crippen molar-refractivity contribution in [1.29, 1.82) is 0 Å². The fourth-order valence-corrected chi connectivity index (χ4v) is 1.93. The normalized spacial score (nSPS) is 36.7. The highest BCUT2D eigenvalue weighted by Gasteiger charge is 2.16. The molecule has 0 unspecified atom stereocenters. The summed E-state index contributed by atoms with van der Waals surface area (Å²) in [7, 11) is 0. The van der Waals surface area contributed by atoms with Gasteiger partial charge in [0.2, 0.25) is 0 Å². The Morgan fingerprint density at radius 1 is 1.33 bits per heavy atom. The second-order valence-electron chi connectivity index (χ2n) is 3.55. The van der Waals surface area contributed by atoms with Crippen LogP contribution >= 0.6 is 0 Å². The van der Waals surface area contributed by atoms with Crippen LogP contribution in [0.2, 0.25) is 0 Å². The predicted molar refractivity (Wildman–Crippen MR) is 41.4 cm³/mol. The molecule has 0 saturated heterocycles. The molecule has 0 nitrogen and oxygen atoms in total. The van der Waals surface area contributed by atoms with Crippen molar-refractivity contribution >= 4 is 0 Å². The van der Waals surface area contributed by atoms with Crippen LogP contribution in [0.5, 0.6) is 0 Å². The molecule has 0 spiro atoms. The molecule has 0 aliphatic heterocycles. The van der Waals surface area contributed by atoms with E-state index < -0.39 is 0 Å². The molecule has 1 aliphatic rings. The highest BCUT2D eigenvalue weighted by atomic mass is 14.2. The molecule has 2 atom stereocenters. The lowest BCUT2D eigenvalue weighted by atomic mass is 9.81. The number of hydrogen-bond acceptors (Lipinski definition) is 0. The molecule has 0 N–H and O–H groups in total. The molecule has 0 bridgehead atoms. The van der Waals surface area contributed by atoms with Gasteiger partial charge in [-0.15, -0.1) is 0 Å². The van der Waals surface area contributed by atoms with Crippen LogP contribution in [0.3, 0.4) is 0 Å². The molecule has 0 radical (unpaired) electrons. The van der Waals surface area contributed by atoms with Crippen molar-refractivity contribution in [3.63, 3.8) is 0 Å². The Bertz CT molecular complexity index is 76.1. The average molecular weight is 126 g/mol. The zero-order valence-electron chi connectivity index (χ0n) is 6.69. The second-order valence-corrected chi connectivity index (χ2v) is 3.55. The molecular formula is C9H18. The van der Waals surface area contributed by atoms with Crippen LogP contribution in [0.15, 0.2) is 0 Å². The first kappa shape index (κ1) is 7.11. The Morgan fingerprint density at radius 2 is 2.11 bits per heavy atom. The quantitative estimate of drug-likeness (QED) is 0.506. The third-order valence-corrected chi connectivity index (χ3v) is 2.62. The van der Waals surface area contributed by atoms with Gasteiger partial charge in [0.05, 0.1) is 0 Å². The third-order valence-electron chi connectivity index (χ3n) is 2.62. The Labute approximate surface area is 58.7 Å². The SMILES string of the molecule is CC[C@H]1CCC[C@@H](C)C1. The van der Waals surface area contributed by atoms with Crippen molar-refractivity contribution in [3.05, 3.63) is 0 Å². The maximum absolute atomic E-state index is 2.39. The molecule has 0 aromatic carbocycles. The summed E-state index contributed by atoms with van der Waals surface area (Å²) in [5.74, 6) is 2.08. The van der Waals surface area contributed by atoms with Crippen molar-refractivity contribution in [3.8, 4) is 0 Å². The highest BCUT2D eigenvalue weighted by Crippen LogP contribution is 2.29. The van der Waals surface area contributed by atoms with Gasteiger partial charge in [-0.3, -0.25) is 0 Å². The van der Waals surface area contributed by atoms with Crippen molar-refractivity contribution in [2.45, 2.75) is 46.0 Å². The second kappa shape index (κ2) is 3.24. The summed E-state index contributed by atoms with van der Waals surface area (Å²) >= 11 is 0. The summed E-state index contributed by atoms with van der Waals surface area (Å²) < 4.78 is 0. The van der Waals surface area contributed by atoms with Crippen LogP contribution < -0.4 is 0 Å². The lowest BCUT2D eigenvalue weighted by molar-refractivity contribution is 0.276. The van der Waals surface area contributed by atoms with E-state index in [4.69, 9.17) is 0 Å². The summed E-state index contributed by atoms with van der Waals surface area (Å²) in [5.41, 5.74) is 0. The molecule has 1 fully saturated rings. The molecule has 54 valence electrons. The summed E-state index contributed by atoms with van der Waals surface area (Å²) in [6, 6.07) is 0. The first-order chi connectivity index (χ1) is 4.33. The maximum Gasteiger partial charge on any atom is -0.0414 e. The summed E-state index contributed by atoms with van der Waals surface area (Å²) in [4.78, 5) is 0. The minimum absolute atomic E-state index is 1.02. The Morgan fingerprint density at radius 3 is 2.56 bits per heavy atom. The zero-order chi connectivity index (χ0) is 6.69. The van der Waals surface area contributed by atoms with Gasteiger partial charge in [-0.1, -0.05) is 39.5 Å². The monoisotopic (exact) mass is 126 g/mol. The largest absolute Gasteiger partial charge is 0.0651 e. The van der Waals surface area contributed by atoms with Gasteiger partial charge in [0.15, 0.2) is 0 Å². The Hall–Kier alpha value is 0. The molecule has 1 aliphatic carbocycles. The third kappa shape index (κ3) is 2.00. The fourth-order valence-electron chi connectivity index (χ4n) is 1.93. The van der Waals surface area contributed by atoms with Crippen LogP contribution in [0.1, 0.15) is 46.0 Å². The van der Waals surface area contributed by atoms with Crippen LogP contribution in [0.4, 0.5) is 0 Å². The van der Waals surface area contributed by atoms with Gasteiger partial charge in [-0.25, -0.2) is 0 Å². The van der Waals surface area contributed by atoms with Gasteiger partial charge < -0.3 is 0 Å². The van der Waals surface area contributed by atoms with Gasteiger partial charge in [0, 0.05) is 0 Å². The van der Waals surface area contributed by atoms with Crippen molar-refractivity contribution < 1.29 is 0 Å². The zero-order valence-corrected chi connectivity index (χ0v) is 6.69. The van der Waals surface area contributed by atoms with Gasteiger partial charge in [0.25, 0.3) is 0 Å².